The Morgan fingerprint density at radius 1 is 0.967 bits per heavy atom. The molecule has 0 bridgehead atoms. The second-order valence-electron chi connectivity index (χ2n) is 8.24. The van der Waals surface area contributed by atoms with Crippen LogP contribution in [-0.2, 0) is 4.79 Å². The highest BCUT2D eigenvalue weighted by atomic mass is 19.1. The highest BCUT2D eigenvalue weighted by Gasteiger charge is 2.29. The van der Waals surface area contributed by atoms with Crippen LogP contribution in [0.15, 0.2) is 42.5 Å². The number of benzene rings is 2. The molecule has 160 valence electrons. The van der Waals surface area contributed by atoms with E-state index in [1.54, 1.807) is 0 Å². The van der Waals surface area contributed by atoms with Gasteiger partial charge in [-0.2, -0.15) is 0 Å². The molecule has 2 aromatic rings. The van der Waals surface area contributed by atoms with Crippen LogP contribution in [0, 0.1) is 17.6 Å². The lowest BCUT2D eigenvalue weighted by Gasteiger charge is -2.32. The van der Waals surface area contributed by atoms with Crippen molar-refractivity contribution in [1.29, 1.82) is 0 Å². The quantitative estimate of drug-likeness (QED) is 0.763. The van der Waals surface area contributed by atoms with Crippen LogP contribution in [0.1, 0.15) is 67.1 Å². The largest absolute Gasteiger partial charge is 0.349 e. The molecule has 0 aromatic heterocycles. The van der Waals surface area contributed by atoms with Crippen LogP contribution >= 0.6 is 0 Å². The maximum Gasteiger partial charge on any atom is 0.256 e. The van der Waals surface area contributed by atoms with Gasteiger partial charge < -0.3 is 10.2 Å². The molecule has 3 rings (SSSR count). The van der Waals surface area contributed by atoms with Gasteiger partial charge in [-0.3, -0.25) is 9.59 Å². The SMILES string of the molecule is CC(C)c1ccc(C(C)NC(=O)C2CCN(C(=O)c3ccc(F)cc3F)CC2)cc1. The maximum absolute atomic E-state index is 13.9. The Morgan fingerprint density at radius 3 is 2.13 bits per heavy atom. The Morgan fingerprint density at radius 2 is 1.57 bits per heavy atom. The van der Waals surface area contributed by atoms with Crippen molar-refractivity contribution in [3.8, 4) is 0 Å². The zero-order chi connectivity index (χ0) is 21.8. The second kappa shape index (κ2) is 9.37. The average molecular weight is 414 g/mol. The van der Waals surface area contributed by atoms with Gasteiger partial charge >= 0.3 is 0 Å². The minimum atomic E-state index is -0.864. The van der Waals surface area contributed by atoms with E-state index in [-0.39, 0.29) is 23.4 Å². The molecule has 1 unspecified atom stereocenters. The zero-order valence-electron chi connectivity index (χ0n) is 17.6. The third kappa shape index (κ3) is 5.04. The number of halogens is 2. The van der Waals surface area contributed by atoms with Gasteiger partial charge in [0.25, 0.3) is 5.91 Å². The first-order valence-corrected chi connectivity index (χ1v) is 10.4. The number of nitrogens with one attached hydrogen (secondary N) is 1. The normalized spacial score (nSPS) is 15.9. The van der Waals surface area contributed by atoms with Gasteiger partial charge in [-0.1, -0.05) is 38.1 Å². The number of hydrogen-bond donors (Lipinski definition) is 1. The molecular formula is C24H28F2N2O2. The number of carbonyl (C=O) groups is 2. The molecule has 0 radical (unpaired) electrons. The number of piperidine rings is 1. The molecule has 1 saturated heterocycles. The van der Waals surface area contributed by atoms with Crippen molar-refractivity contribution >= 4 is 11.8 Å². The fourth-order valence-corrected chi connectivity index (χ4v) is 3.76. The smallest absolute Gasteiger partial charge is 0.256 e. The molecule has 2 aromatic carbocycles. The first-order chi connectivity index (χ1) is 14.3. The number of rotatable bonds is 5. The van der Waals surface area contributed by atoms with Gasteiger partial charge in [0.2, 0.25) is 5.91 Å². The van der Waals surface area contributed by atoms with Crippen LogP contribution in [0.5, 0.6) is 0 Å². The third-order valence-corrected chi connectivity index (χ3v) is 5.78. The molecule has 1 aliphatic heterocycles. The van der Waals surface area contributed by atoms with E-state index in [1.807, 2.05) is 19.1 Å². The molecule has 6 heteroatoms. The van der Waals surface area contributed by atoms with Gasteiger partial charge in [0.15, 0.2) is 0 Å². The Labute approximate surface area is 176 Å². The molecule has 0 spiro atoms. The first-order valence-electron chi connectivity index (χ1n) is 10.4. The molecule has 1 heterocycles. The standard InChI is InChI=1S/C24H28F2N2O2/c1-15(2)17-4-6-18(7-5-17)16(3)27-23(29)19-10-12-28(13-11-19)24(30)21-9-8-20(25)14-22(21)26/h4-9,14-16,19H,10-13H2,1-3H3,(H,27,29). The molecule has 1 N–H and O–H groups in total. The predicted molar refractivity (Wildman–Crippen MR) is 112 cm³/mol. The van der Waals surface area contributed by atoms with E-state index in [0.717, 1.165) is 17.7 Å². The summed E-state index contributed by atoms with van der Waals surface area (Å²) in [5.74, 6) is -1.81. The van der Waals surface area contributed by atoms with Gasteiger partial charge in [-0.25, -0.2) is 8.78 Å². The van der Waals surface area contributed by atoms with Crippen LogP contribution in [0.3, 0.4) is 0 Å². The topological polar surface area (TPSA) is 49.4 Å². The van der Waals surface area contributed by atoms with Crippen molar-refractivity contribution in [3.63, 3.8) is 0 Å². The fraction of sp³-hybridized carbons (Fsp3) is 0.417. The number of amides is 2. The number of carbonyl (C=O) groups excluding carboxylic acids is 2. The van der Waals surface area contributed by atoms with Gasteiger partial charge in [-0.15, -0.1) is 0 Å². The fourth-order valence-electron chi connectivity index (χ4n) is 3.76. The lowest BCUT2D eigenvalue weighted by Crippen LogP contribution is -2.43. The summed E-state index contributed by atoms with van der Waals surface area (Å²) in [6.07, 6.45) is 1.03. The summed E-state index contributed by atoms with van der Waals surface area (Å²) in [6.45, 7) is 6.97. The van der Waals surface area contributed by atoms with E-state index in [0.29, 0.717) is 37.9 Å². The Kier molecular flexibility index (Phi) is 6.85. The Balaban J connectivity index is 1.54. The van der Waals surface area contributed by atoms with Crippen molar-refractivity contribution in [1.82, 2.24) is 10.2 Å². The van der Waals surface area contributed by atoms with Crippen LogP contribution in [0.2, 0.25) is 0 Å². The summed E-state index contributed by atoms with van der Waals surface area (Å²) in [5.41, 5.74) is 2.16. The lowest BCUT2D eigenvalue weighted by molar-refractivity contribution is -0.127. The molecule has 1 aliphatic rings. The predicted octanol–water partition coefficient (Wildman–Crippen LogP) is 4.82. The van der Waals surface area contributed by atoms with Gasteiger partial charge in [0.05, 0.1) is 11.6 Å². The van der Waals surface area contributed by atoms with Crippen LogP contribution in [-0.4, -0.2) is 29.8 Å². The van der Waals surface area contributed by atoms with Crippen molar-refractivity contribution in [2.24, 2.45) is 5.92 Å². The maximum atomic E-state index is 13.9. The highest BCUT2D eigenvalue weighted by molar-refractivity contribution is 5.94. The summed E-state index contributed by atoms with van der Waals surface area (Å²) < 4.78 is 26.9. The first kappa shape index (κ1) is 21.9. The van der Waals surface area contributed by atoms with E-state index >= 15 is 0 Å². The molecule has 0 aliphatic carbocycles. The Bertz CT molecular complexity index is 904. The summed E-state index contributed by atoms with van der Waals surface area (Å²) in [7, 11) is 0. The summed E-state index contributed by atoms with van der Waals surface area (Å²) in [4.78, 5) is 26.7. The second-order valence-corrected chi connectivity index (χ2v) is 8.24. The zero-order valence-corrected chi connectivity index (χ0v) is 17.6. The van der Waals surface area contributed by atoms with Gasteiger partial charge in [0, 0.05) is 25.1 Å². The molecule has 4 nitrogen and oxygen atoms in total. The van der Waals surface area contributed by atoms with Crippen molar-refractivity contribution < 1.29 is 18.4 Å². The van der Waals surface area contributed by atoms with Crippen LogP contribution in [0.25, 0.3) is 0 Å². The minimum absolute atomic E-state index is 0.0319. The van der Waals surface area contributed by atoms with Crippen molar-refractivity contribution in [2.75, 3.05) is 13.1 Å². The minimum Gasteiger partial charge on any atom is -0.349 e. The van der Waals surface area contributed by atoms with E-state index in [4.69, 9.17) is 0 Å². The van der Waals surface area contributed by atoms with E-state index in [2.05, 4.69) is 31.3 Å². The number of nitrogens with zero attached hydrogens (tertiary/aromatic N) is 1. The summed E-state index contributed by atoms with van der Waals surface area (Å²) in [6, 6.07) is 11.1. The van der Waals surface area contributed by atoms with Gasteiger partial charge in [-0.05, 0) is 48.9 Å². The van der Waals surface area contributed by atoms with Crippen LogP contribution < -0.4 is 5.32 Å². The molecule has 2 amide bonds. The molecule has 1 fully saturated rings. The highest BCUT2D eigenvalue weighted by Crippen LogP contribution is 2.23. The number of likely N-dealkylation sites (tertiary alicyclic amines) is 1. The summed E-state index contributed by atoms with van der Waals surface area (Å²) in [5, 5.41) is 3.06. The Hall–Kier alpha value is -2.76. The molecule has 30 heavy (non-hydrogen) atoms. The van der Waals surface area contributed by atoms with E-state index < -0.39 is 17.5 Å². The van der Waals surface area contributed by atoms with E-state index in [9.17, 15) is 18.4 Å². The van der Waals surface area contributed by atoms with Crippen LogP contribution in [0.4, 0.5) is 8.78 Å². The number of hydrogen-bond acceptors (Lipinski definition) is 2. The molecule has 1 atom stereocenters. The molecular weight excluding hydrogens is 386 g/mol. The van der Waals surface area contributed by atoms with Gasteiger partial charge in [0.1, 0.15) is 11.6 Å². The summed E-state index contributed by atoms with van der Waals surface area (Å²) >= 11 is 0. The molecule has 0 saturated carbocycles. The van der Waals surface area contributed by atoms with E-state index in [1.165, 1.54) is 10.5 Å². The third-order valence-electron chi connectivity index (χ3n) is 5.78. The van der Waals surface area contributed by atoms with Crippen molar-refractivity contribution in [3.05, 3.63) is 70.8 Å². The average Bonchev–Trinajstić information content (AvgIpc) is 2.73. The van der Waals surface area contributed by atoms with Crippen molar-refractivity contribution in [2.45, 2.75) is 45.6 Å². The lowest BCUT2D eigenvalue weighted by atomic mass is 9.94. The monoisotopic (exact) mass is 414 g/mol.